The Morgan fingerprint density at radius 1 is 1.43 bits per heavy atom. The summed E-state index contributed by atoms with van der Waals surface area (Å²) in [6.07, 6.45) is 2.90. The summed E-state index contributed by atoms with van der Waals surface area (Å²) in [6, 6.07) is 1.56. The molecule has 0 unspecified atom stereocenters. The van der Waals surface area contributed by atoms with Crippen LogP contribution in [0.3, 0.4) is 0 Å². The zero-order valence-corrected chi connectivity index (χ0v) is 9.25. The smallest absolute Gasteiger partial charge is 0.339 e. The van der Waals surface area contributed by atoms with E-state index in [1.54, 1.807) is 19.4 Å². The second-order valence-electron chi connectivity index (χ2n) is 3.27. The van der Waals surface area contributed by atoms with E-state index in [-0.39, 0.29) is 0 Å². The van der Waals surface area contributed by atoms with Gasteiger partial charge in [-0.2, -0.15) is 0 Å². The Morgan fingerprint density at radius 2 is 2.07 bits per heavy atom. The zero-order valence-electron chi connectivity index (χ0n) is 8.35. The number of hydrogen-bond donors (Lipinski definition) is 0. The van der Waals surface area contributed by atoms with Crippen LogP contribution >= 0.6 is 7.14 Å². The van der Waals surface area contributed by atoms with Crippen molar-refractivity contribution in [3.63, 3.8) is 0 Å². The summed E-state index contributed by atoms with van der Waals surface area (Å²) in [5.74, 6) is -0.465. The van der Waals surface area contributed by atoms with Crippen LogP contribution in [0.4, 0.5) is 0 Å². The molecule has 76 valence electrons. The molecule has 1 heterocycles. The van der Waals surface area contributed by atoms with E-state index in [1.807, 2.05) is 0 Å². The molecule has 14 heavy (non-hydrogen) atoms. The molecule has 0 N–H and O–H groups in total. The Kier molecular flexibility index (Phi) is 3.06. The Morgan fingerprint density at radius 3 is 2.57 bits per heavy atom. The first-order valence-corrected chi connectivity index (χ1v) is 6.64. The number of hydrogen-bond acceptors (Lipinski definition) is 4. The van der Waals surface area contributed by atoms with Gasteiger partial charge >= 0.3 is 5.97 Å². The van der Waals surface area contributed by atoms with Gasteiger partial charge in [-0.3, -0.25) is 4.98 Å². The highest BCUT2D eigenvalue weighted by atomic mass is 31.2. The molecule has 0 bridgehead atoms. The SMILES string of the molecule is COC(=O)c1cncc(P(C)(C)=O)c1. The molecule has 5 heteroatoms. The minimum absolute atomic E-state index is 0.328. The summed E-state index contributed by atoms with van der Waals surface area (Å²) in [5, 5.41) is 0.584. The molecule has 0 amide bonds. The van der Waals surface area contributed by atoms with Gasteiger partial charge in [-0.25, -0.2) is 4.79 Å². The molecule has 1 aromatic heterocycles. The Balaban J connectivity index is 3.14. The van der Waals surface area contributed by atoms with Crippen molar-refractivity contribution in [1.29, 1.82) is 0 Å². The fraction of sp³-hybridized carbons (Fsp3) is 0.333. The van der Waals surface area contributed by atoms with Crippen molar-refractivity contribution in [2.24, 2.45) is 0 Å². The normalized spacial score (nSPS) is 11.1. The number of aromatic nitrogens is 1. The first-order valence-electron chi connectivity index (χ1n) is 4.04. The molecular weight excluding hydrogens is 201 g/mol. The van der Waals surface area contributed by atoms with E-state index in [9.17, 15) is 9.36 Å². The zero-order chi connectivity index (χ0) is 10.8. The molecule has 0 radical (unpaired) electrons. The number of carbonyl (C=O) groups excluding carboxylic acids is 1. The largest absolute Gasteiger partial charge is 0.465 e. The summed E-state index contributed by atoms with van der Waals surface area (Å²) in [7, 11) is -1.07. The van der Waals surface area contributed by atoms with Crippen molar-refractivity contribution in [3.05, 3.63) is 24.0 Å². The van der Waals surface area contributed by atoms with Crippen molar-refractivity contribution in [3.8, 4) is 0 Å². The topological polar surface area (TPSA) is 56.3 Å². The molecule has 0 aromatic carbocycles. The third-order valence-electron chi connectivity index (χ3n) is 1.77. The second kappa shape index (κ2) is 3.93. The van der Waals surface area contributed by atoms with Gasteiger partial charge in [0.25, 0.3) is 0 Å². The van der Waals surface area contributed by atoms with Gasteiger partial charge in [-0.05, 0) is 19.4 Å². The maximum absolute atomic E-state index is 11.7. The van der Waals surface area contributed by atoms with Crippen molar-refractivity contribution in [1.82, 2.24) is 4.98 Å². The maximum atomic E-state index is 11.7. The first-order chi connectivity index (χ1) is 6.45. The molecule has 0 saturated carbocycles. The highest BCUT2D eigenvalue weighted by Gasteiger charge is 2.14. The van der Waals surface area contributed by atoms with E-state index in [0.717, 1.165) is 0 Å². The number of esters is 1. The lowest BCUT2D eigenvalue weighted by Gasteiger charge is -2.06. The Labute approximate surface area is 82.7 Å². The van der Waals surface area contributed by atoms with Gasteiger partial charge < -0.3 is 9.30 Å². The van der Waals surface area contributed by atoms with Crippen LogP contribution in [0.2, 0.25) is 0 Å². The molecule has 1 aromatic rings. The average molecular weight is 213 g/mol. The maximum Gasteiger partial charge on any atom is 0.339 e. The molecule has 4 nitrogen and oxygen atoms in total. The minimum Gasteiger partial charge on any atom is -0.465 e. The summed E-state index contributed by atoms with van der Waals surface area (Å²) >= 11 is 0. The van der Waals surface area contributed by atoms with Crippen LogP contribution in [-0.4, -0.2) is 31.4 Å². The number of rotatable bonds is 2. The fourth-order valence-electron chi connectivity index (χ4n) is 0.952. The van der Waals surface area contributed by atoms with Crippen LogP contribution in [-0.2, 0) is 9.30 Å². The minimum atomic E-state index is -2.37. The fourth-order valence-corrected chi connectivity index (χ4v) is 1.75. The third-order valence-corrected chi connectivity index (χ3v) is 3.25. The summed E-state index contributed by atoms with van der Waals surface area (Å²) in [5.41, 5.74) is 0.328. The molecular formula is C9H12NO3P. The van der Waals surface area contributed by atoms with E-state index < -0.39 is 13.1 Å². The number of pyridine rings is 1. The standard InChI is InChI=1S/C9H12NO3P/c1-13-9(11)7-4-8(6-10-5-7)14(2,3)12/h4-6H,1-3H3. The number of carbonyl (C=O) groups is 1. The van der Waals surface area contributed by atoms with Gasteiger partial charge in [0.15, 0.2) is 0 Å². The van der Waals surface area contributed by atoms with Gasteiger partial charge in [0.05, 0.1) is 12.7 Å². The van der Waals surface area contributed by atoms with Crippen molar-refractivity contribution in [2.75, 3.05) is 20.4 Å². The molecule has 0 spiro atoms. The molecule has 0 aliphatic carbocycles. The number of ether oxygens (including phenoxy) is 1. The molecule has 0 aliphatic rings. The number of methoxy groups -OCH3 is 1. The van der Waals surface area contributed by atoms with Crippen LogP contribution in [0.5, 0.6) is 0 Å². The Bertz CT molecular complexity index is 397. The average Bonchev–Trinajstić information content (AvgIpc) is 2.15. The predicted octanol–water partition coefficient (Wildman–Crippen LogP) is 1.12. The van der Waals surface area contributed by atoms with Crippen LogP contribution in [0, 0.1) is 0 Å². The van der Waals surface area contributed by atoms with Crippen molar-refractivity contribution >= 4 is 18.4 Å². The molecule has 0 atom stereocenters. The van der Waals surface area contributed by atoms with Gasteiger partial charge in [0.1, 0.15) is 7.14 Å². The van der Waals surface area contributed by atoms with E-state index in [1.165, 1.54) is 19.5 Å². The van der Waals surface area contributed by atoms with Crippen LogP contribution in [0.25, 0.3) is 0 Å². The Hall–Kier alpha value is -1.15. The lowest BCUT2D eigenvalue weighted by atomic mass is 10.3. The predicted molar refractivity (Wildman–Crippen MR) is 54.7 cm³/mol. The van der Waals surface area contributed by atoms with E-state index >= 15 is 0 Å². The van der Waals surface area contributed by atoms with Crippen molar-refractivity contribution in [2.45, 2.75) is 0 Å². The highest BCUT2D eigenvalue weighted by molar-refractivity contribution is 7.70. The second-order valence-corrected chi connectivity index (χ2v) is 6.49. The summed E-state index contributed by atoms with van der Waals surface area (Å²) in [4.78, 5) is 15.0. The lowest BCUT2D eigenvalue weighted by molar-refractivity contribution is 0.0600. The quantitative estimate of drug-likeness (QED) is 0.545. The first kappa shape index (κ1) is 10.9. The molecule has 0 saturated heterocycles. The highest BCUT2D eigenvalue weighted by Crippen LogP contribution is 2.34. The van der Waals surface area contributed by atoms with Crippen molar-refractivity contribution < 1.29 is 14.1 Å². The molecule has 0 fully saturated rings. The molecule has 0 aliphatic heterocycles. The summed E-state index contributed by atoms with van der Waals surface area (Å²) in [6.45, 7) is 3.26. The lowest BCUT2D eigenvalue weighted by Crippen LogP contribution is -2.10. The van der Waals surface area contributed by atoms with E-state index in [2.05, 4.69) is 9.72 Å². The molecule has 1 rings (SSSR count). The van der Waals surface area contributed by atoms with Crippen LogP contribution in [0.15, 0.2) is 18.5 Å². The van der Waals surface area contributed by atoms with Crippen LogP contribution in [0.1, 0.15) is 10.4 Å². The van der Waals surface area contributed by atoms with Gasteiger partial charge in [-0.15, -0.1) is 0 Å². The summed E-state index contributed by atoms with van der Waals surface area (Å²) < 4.78 is 16.2. The monoisotopic (exact) mass is 213 g/mol. The third kappa shape index (κ3) is 2.42. The van der Waals surface area contributed by atoms with E-state index in [0.29, 0.717) is 10.9 Å². The number of nitrogens with zero attached hydrogens (tertiary/aromatic N) is 1. The van der Waals surface area contributed by atoms with E-state index in [4.69, 9.17) is 0 Å². The van der Waals surface area contributed by atoms with Gasteiger partial charge in [0, 0.05) is 17.7 Å². The van der Waals surface area contributed by atoms with Crippen LogP contribution < -0.4 is 5.30 Å². The van der Waals surface area contributed by atoms with Gasteiger partial charge in [0.2, 0.25) is 0 Å². The van der Waals surface area contributed by atoms with Gasteiger partial charge in [-0.1, -0.05) is 0 Å².